The second-order valence-corrected chi connectivity index (χ2v) is 2.49. The molecule has 1 N–H and O–H groups in total. The number of carboxylic acid groups (broad SMARTS) is 1. The Labute approximate surface area is 66.1 Å². The third-order valence-electron chi connectivity index (χ3n) is 1.38. The van der Waals surface area contributed by atoms with E-state index in [0.717, 1.165) is 0 Å². The molecular weight excluding hydrogens is 175 g/mol. The van der Waals surface area contributed by atoms with Gasteiger partial charge in [-0.05, 0) is 0 Å². The number of halogens is 3. The maximum absolute atomic E-state index is 12.4. The topological polar surface area (TPSA) is 40.5 Å². The molecule has 0 atom stereocenters. The van der Waals surface area contributed by atoms with Gasteiger partial charge in [0, 0.05) is 6.08 Å². The van der Waals surface area contributed by atoms with Gasteiger partial charge in [0.15, 0.2) is 0 Å². The molecule has 0 unspecified atom stereocenters. The zero-order chi connectivity index (χ0) is 9.35. The van der Waals surface area contributed by atoms with E-state index in [9.17, 15) is 18.0 Å². The highest BCUT2D eigenvalue weighted by Crippen LogP contribution is 2.24. The Kier molecular flexibility index (Phi) is 1.99. The van der Waals surface area contributed by atoms with Crippen LogP contribution in [0.1, 0.15) is 0 Å². The lowest BCUT2D eigenvalue weighted by molar-refractivity contribution is 0.00498. The summed E-state index contributed by atoms with van der Waals surface area (Å²) in [5.41, 5.74) is 0. The number of hydrogen-bond donors (Lipinski definition) is 1. The molecule has 0 aromatic carbocycles. The van der Waals surface area contributed by atoms with E-state index in [1.165, 1.54) is 0 Å². The fourth-order valence-corrected chi connectivity index (χ4v) is 0.948. The van der Waals surface area contributed by atoms with Gasteiger partial charge >= 0.3 is 6.09 Å². The molecule has 0 spiro atoms. The second-order valence-electron chi connectivity index (χ2n) is 2.49. The number of alkyl halides is 2. The fraction of sp³-hybridized carbons (Fsp3) is 0.500. The van der Waals surface area contributed by atoms with Gasteiger partial charge in [-0.25, -0.2) is 9.18 Å². The molecular formula is C6H6F3NO2. The zero-order valence-corrected chi connectivity index (χ0v) is 5.93. The van der Waals surface area contributed by atoms with Crippen LogP contribution in [0, 0.1) is 0 Å². The number of nitrogens with zero attached hydrogens (tertiary/aromatic N) is 1. The van der Waals surface area contributed by atoms with E-state index in [1.807, 2.05) is 0 Å². The quantitative estimate of drug-likeness (QED) is 0.614. The smallest absolute Gasteiger partial charge is 0.407 e. The summed E-state index contributed by atoms with van der Waals surface area (Å²) in [5.74, 6) is -4.51. The molecule has 0 bridgehead atoms. The lowest BCUT2D eigenvalue weighted by atomic mass is 10.2. The molecule has 0 saturated heterocycles. The molecule has 68 valence electrons. The van der Waals surface area contributed by atoms with Crippen LogP contribution in [0.25, 0.3) is 0 Å². The summed E-state index contributed by atoms with van der Waals surface area (Å²) in [6.07, 6.45) is -1.40. The lowest BCUT2D eigenvalue weighted by Gasteiger charge is -2.26. The standard InChI is InChI=1S/C6H6F3NO2/c7-4-1-6(8,9)3-10(2-4)5(11)12/h1H,2-3H2,(H,11,12). The molecule has 1 rings (SSSR count). The van der Waals surface area contributed by atoms with E-state index in [4.69, 9.17) is 5.11 Å². The average Bonchev–Trinajstić information content (AvgIpc) is 1.82. The van der Waals surface area contributed by atoms with Crippen LogP contribution < -0.4 is 0 Å². The number of amides is 1. The maximum atomic E-state index is 12.4. The van der Waals surface area contributed by atoms with Crippen molar-refractivity contribution in [2.75, 3.05) is 13.1 Å². The predicted octanol–water partition coefficient (Wildman–Crippen LogP) is 1.47. The highest BCUT2D eigenvalue weighted by atomic mass is 19.3. The van der Waals surface area contributed by atoms with Crippen molar-refractivity contribution in [3.63, 3.8) is 0 Å². The highest BCUT2D eigenvalue weighted by molar-refractivity contribution is 5.65. The van der Waals surface area contributed by atoms with Crippen LogP contribution in [0.15, 0.2) is 11.9 Å². The van der Waals surface area contributed by atoms with Crippen molar-refractivity contribution in [1.29, 1.82) is 0 Å². The van der Waals surface area contributed by atoms with Crippen LogP contribution >= 0.6 is 0 Å². The van der Waals surface area contributed by atoms with Crippen LogP contribution in [-0.2, 0) is 0 Å². The van der Waals surface area contributed by atoms with E-state index in [1.54, 1.807) is 0 Å². The van der Waals surface area contributed by atoms with Crippen LogP contribution in [0.2, 0.25) is 0 Å². The van der Waals surface area contributed by atoms with Crippen molar-refractivity contribution in [1.82, 2.24) is 4.90 Å². The third kappa shape index (κ3) is 1.90. The van der Waals surface area contributed by atoms with Gasteiger partial charge in [0.05, 0.1) is 13.1 Å². The molecule has 0 aromatic heterocycles. The molecule has 0 aromatic rings. The predicted molar refractivity (Wildman–Crippen MR) is 33.7 cm³/mol. The Morgan fingerprint density at radius 1 is 1.67 bits per heavy atom. The van der Waals surface area contributed by atoms with Gasteiger partial charge in [0.1, 0.15) is 5.83 Å². The molecule has 0 aliphatic carbocycles. The van der Waals surface area contributed by atoms with E-state index in [-0.39, 0.29) is 6.08 Å². The number of carbonyl (C=O) groups is 1. The number of rotatable bonds is 0. The summed E-state index contributed by atoms with van der Waals surface area (Å²) in [7, 11) is 0. The molecule has 0 fully saturated rings. The van der Waals surface area contributed by atoms with Crippen molar-refractivity contribution >= 4 is 6.09 Å². The van der Waals surface area contributed by atoms with Gasteiger partial charge in [-0.1, -0.05) is 0 Å². The monoisotopic (exact) mass is 181 g/mol. The summed E-state index contributed by atoms with van der Waals surface area (Å²) >= 11 is 0. The summed E-state index contributed by atoms with van der Waals surface area (Å²) in [6.45, 7) is -1.57. The van der Waals surface area contributed by atoms with E-state index >= 15 is 0 Å². The summed E-state index contributed by atoms with van der Waals surface area (Å²) in [4.78, 5) is 10.5. The molecule has 1 aliphatic rings. The molecule has 0 radical (unpaired) electrons. The van der Waals surface area contributed by atoms with Gasteiger partial charge in [-0.3, -0.25) is 4.90 Å². The highest BCUT2D eigenvalue weighted by Gasteiger charge is 2.36. The Morgan fingerprint density at radius 3 is 2.67 bits per heavy atom. The molecule has 6 heteroatoms. The summed E-state index contributed by atoms with van der Waals surface area (Å²) in [5, 5.41) is 8.29. The van der Waals surface area contributed by atoms with Crippen molar-refractivity contribution < 1.29 is 23.1 Å². The molecule has 3 nitrogen and oxygen atoms in total. The Bertz CT molecular complexity index is 239. The van der Waals surface area contributed by atoms with Gasteiger partial charge in [0.25, 0.3) is 5.92 Å². The van der Waals surface area contributed by atoms with Crippen molar-refractivity contribution in [2.45, 2.75) is 5.92 Å². The zero-order valence-electron chi connectivity index (χ0n) is 5.93. The minimum absolute atomic E-state index is 0.145. The van der Waals surface area contributed by atoms with E-state index < -0.39 is 30.9 Å². The van der Waals surface area contributed by atoms with Crippen LogP contribution in [0.4, 0.5) is 18.0 Å². The van der Waals surface area contributed by atoms with Gasteiger partial charge in [-0.15, -0.1) is 0 Å². The van der Waals surface area contributed by atoms with Crippen LogP contribution in [0.5, 0.6) is 0 Å². The Hall–Kier alpha value is -1.20. The van der Waals surface area contributed by atoms with E-state index in [0.29, 0.717) is 4.90 Å². The number of hydrogen-bond acceptors (Lipinski definition) is 1. The molecule has 1 heterocycles. The summed E-state index contributed by atoms with van der Waals surface area (Å²) < 4.78 is 37.3. The molecule has 1 amide bonds. The largest absolute Gasteiger partial charge is 0.465 e. The van der Waals surface area contributed by atoms with Gasteiger partial charge in [0.2, 0.25) is 0 Å². The second kappa shape index (κ2) is 2.69. The van der Waals surface area contributed by atoms with Crippen molar-refractivity contribution in [3.05, 3.63) is 11.9 Å². The average molecular weight is 181 g/mol. The Balaban J connectivity index is 2.79. The lowest BCUT2D eigenvalue weighted by Crippen LogP contribution is -2.43. The summed E-state index contributed by atoms with van der Waals surface area (Å²) in [6, 6.07) is 0. The first-order chi connectivity index (χ1) is 5.41. The fourth-order valence-electron chi connectivity index (χ4n) is 0.948. The van der Waals surface area contributed by atoms with Gasteiger partial charge in [-0.2, -0.15) is 8.78 Å². The Morgan fingerprint density at radius 2 is 2.25 bits per heavy atom. The SMILES string of the molecule is O=C(O)N1CC(F)=CC(F)(F)C1. The minimum atomic E-state index is -3.39. The first-order valence-corrected chi connectivity index (χ1v) is 3.14. The first kappa shape index (κ1) is 8.89. The van der Waals surface area contributed by atoms with Crippen LogP contribution in [0.3, 0.4) is 0 Å². The van der Waals surface area contributed by atoms with Crippen LogP contribution in [-0.4, -0.2) is 35.1 Å². The molecule has 12 heavy (non-hydrogen) atoms. The molecule has 0 saturated carbocycles. The van der Waals surface area contributed by atoms with E-state index in [2.05, 4.69) is 0 Å². The minimum Gasteiger partial charge on any atom is -0.465 e. The van der Waals surface area contributed by atoms with Crippen molar-refractivity contribution in [2.24, 2.45) is 0 Å². The maximum Gasteiger partial charge on any atom is 0.407 e. The molecule has 1 aliphatic heterocycles. The van der Waals surface area contributed by atoms with Gasteiger partial charge < -0.3 is 5.11 Å². The first-order valence-electron chi connectivity index (χ1n) is 3.14. The van der Waals surface area contributed by atoms with Crippen molar-refractivity contribution in [3.8, 4) is 0 Å². The third-order valence-corrected chi connectivity index (χ3v) is 1.38. The normalized spacial score (nSPS) is 21.9.